The summed E-state index contributed by atoms with van der Waals surface area (Å²) in [6.45, 7) is 2.65. The number of ether oxygens (including phenoxy) is 1. The third kappa shape index (κ3) is 3.95. The van der Waals surface area contributed by atoms with Crippen LogP contribution in [0.3, 0.4) is 0 Å². The predicted molar refractivity (Wildman–Crippen MR) is 93.3 cm³/mol. The SMILES string of the molecule is CCCOc1ccc(C(=O)NNC(=O)c2ccc3nc[nH]c3c2)cc1. The van der Waals surface area contributed by atoms with E-state index in [0.717, 1.165) is 17.5 Å². The van der Waals surface area contributed by atoms with Crippen LogP contribution in [0, 0.1) is 0 Å². The van der Waals surface area contributed by atoms with Gasteiger partial charge in [0.2, 0.25) is 0 Å². The van der Waals surface area contributed by atoms with E-state index in [-0.39, 0.29) is 0 Å². The Labute approximate surface area is 144 Å². The second kappa shape index (κ2) is 7.48. The van der Waals surface area contributed by atoms with Crippen molar-refractivity contribution in [2.45, 2.75) is 13.3 Å². The van der Waals surface area contributed by atoms with Crippen LogP contribution in [0.25, 0.3) is 11.0 Å². The summed E-state index contributed by atoms with van der Waals surface area (Å²) in [7, 11) is 0. The van der Waals surface area contributed by atoms with Gasteiger partial charge in [-0.05, 0) is 48.9 Å². The number of carbonyl (C=O) groups is 2. The largest absolute Gasteiger partial charge is 0.494 e. The number of imidazole rings is 1. The number of nitrogens with zero attached hydrogens (tertiary/aromatic N) is 1. The lowest BCUT2D eigenvalue weighted by molar-refractivity contribution is 0.0846. The molecule has 0 aliphatic rings. The van der Waals surface area contributed by atoms with Crippen LogP contribution in [0.1, 0.15) is 34.1 Å². The van der Waals surface area contributed by atoms with E-state index in [1.807, 2.05) is 6.92 Å². The van der Waals surface area contributed by atoms with Crippen molar-refractivity contribution < 1.29 is 14.3 Å². The number of H-pyrrole nitrogens is 1. The Morgan fingerprint density at radius 2 is 1.72 bits per heavy atom. The number of aromatic amines is 1. The van der Waals surface area contributed by atoms with Crippen molar-refractivity contribution in [2.24, 2.45) is 0 Å². The van der Waals surface area contributed by atoms with Crippen molar-refractivity contribution in [3.8, 4) is 5.75 Å². The zero-order chi connectivity index (χ0) is 17.6. The molecule has 1 heterocycles. The minimum atomic E-state index is -0.409. The first-order valence-corrected chi connectivity index (χ1v) is 7.94. The Hall–Kier alpha value is -3.35. The average molecular weight is 338 g/mol. The molecule has 0 radical (unpaired) electrons. The van der Waals surface area contributed by atoms with Gasteiger partial charge in [0, 0.05) is 11.1 Å². The van der Waals surface area contributed by atoms with E-state index in [4.69, 9.17) is 4.74 Å². The molecule has 0 atom stereocenters. The van der Waals surface area contributed by atoms with Gasteiger partial charge in [-0.2, -0.15) is 0 Å². The van der Waals surface area contributed by atoms with Crippen LogP contribution in [-0.2, 0) is 0 Å². The fraction of sp³-hybridized carbons (Fsp3) is 0.167. The Morgan fingerprint density at radius 1 is 1.04 bits per heavy atom. The molecule has 7 nitrogen and oxygen atoms in total. The van der Waals surface area contributed by atoms with Gasteiger partial charge in [0.1, 0.15) is 5.75 Å². The van der Waals surface area contributed by atoms with Gasteiger partial charge in [-0.25, -0.2) is 4.98 Å². The fourth-order valence-electron chi connectivity index (χ4n) is 2.26. The molecule has 3 rings (SSSR count). The van der Waals surface area contributed by atoms with Gasteiger partial charge in [0.15, 0.2) is 0 Å². The Bertz CT molecular complexity index is 887. The molecular weight excluding hydrogens is 320 g/mol. The number of aromatic nitrogens is 2. The number of hydrogen-bond donors (Lipinski definition) is 3. The minimum absolute atomic E-state index is 0.405. The van der Waals surface area contributed by atoms with Gasteiger partial charge in [-0.15, -0.1) is 0 Å². The second-order valence-electron chi connectivity index (χ2n) is 5.42. The van der Waals surface area contributed by atoms with Gasteiger partial charge in [0.05, 0.1) is 24.0 Å². The summed E-state index contributed by atoms with van der Waals surface area (Å²) in [5, 5.41) is 0. The first kappa shape index (κ1) is 16.5. The van der Waals surface area contributed by atoms with Gasteiger partial charge in [-0.3, -0.25) is 20.4 Å². The Kier molecular flexibility index (Phi) is 4.94. The summed E-state index contributed by atoms with van der Waals surface area (Å²) in [6, 6.07) is 11.8. The number of nitrogens with one attached hydrogen (secondary N) is 3. The molecular formula is C18H18N4O3. The molecule has 0 unspecified atom stereocenters. The molecule has 3 aromatic rings. The molecule has 1 aromatic heterocycles. The minimum Gasteiger partial charge on any atom is -0.494 e. The number of carbonyl (C=O) groups excluding carboxylic acids is 2. The van der Waals surface area contributed by atoms with Crippen molar-refractivity contribution >= 4 is 22.8 Å². The third-order valence-corrected chi connectivity index (χ3v) is 3.56. The summed E-state index contributed by atoms with van der Waals surface area (Å²) in [6.07, 6.45) is 2.47. The lowest BCUT2D eigenvalue weighted by atomic mass is 10.2. The van der Waals surface area contributed by atoms with Crippen LogP contribution >= 0.6 is 0 Å². The maximum atomic E-state index is 12.1. The highest BCUT2D eigenvalue weighted by Gasteiger charge is 2.10. The summed E-state index contributed by atoms with van der Waals surface area (Å²) in [5.74, 6) is -0.110. The summed E-state index contributed by atoms with van der Waals surface area (Å²) in [4.78, 5) is 31.3. The average Bonchev–Trinajstić information content (AvgIpc) is 3.12. The first-order chi connectivity index (χ1) is 12.2. The Morgan fingerprint density at radius 3 is 2.44 bits per heavy atom. The van der Waals surface area contributed by atoms with Crippen LogP contribution in [0.5, 0.6) is 5.75 Å². The molecule has 3 N–H and O–H groups in total. The topological polar surface area (TPSA) is 96.1 Å². The monoisotopic (exact) mass is 338 g/mol. The highest BCUT2D eigenvalue weighted by atomic mass is 16.5. The van der Waals surface area contributed by atoms with E-state index in [9.17, 15) is 9.59 Å². The van der Waals surface area contributed by atoms with Crippen LogP contribution in [0.2, 0.25) is 0 Å². The van der Waals surface area contributed by atoms with Gasteiger partial charge in [-0.1, -0.05) is 6.92 Å². The zero-order valence-corrected chi connectivity index (χ0v) is 13.7. The van der Waals surface area contributed by atoms with Crippen LogP contribution in [0.15, 0.2) is 48.8 Å². The molecule has 7 heteroatoms. The van der Waals surface area contributed by atoms with Crippen molar-refractivity contribution in [1.82, 2.24) is 20.8 Å². The number of hydrazine groups is 1. The van der Waals surface area contributed by atoms with E-state index in [0.29, 0.717) is 23.5 Å². The molecule has 0 spiro atoms. The van der Waals surface area contributed by atoms with Crippen LogP contribution < -0.4 is 15.6 Å². The van der Waals surface area contributed by atoms with E-state index in [1.165, 1.54) is 0 Å². The van der Waals surface area contributed by atoms with E-state index in [1.54, 1.807) is 48.8 Å². The van der Waals surface area contributed by atoms with Gasteiger partial charge in [0.25, 0.3) is 11.8 Å². The number of hydrogen-bond acceptors (Lipinski definition) is 4. The number of fused-ring (bicyclic) bond motifs is 1. The summed E-state index contributed by atoms with van der Waals surface area (Å²) >= 11 is 0. The molecule has 0 saturated carbocycles. The number of rotatable bonds is 5. The van der Waals surface area contributed by atoms with Crippen molar-refractivity contribution in [3.63, 3.8) is 0 Å². The van der Waals surface area contributed by atoms with Crippen molar-refractivity contribution in [3.05, 3.63) is 59.9 Å². The van der Waals surface area contributed by atoms with E-state index in [2.05, 4.69) is 20.8 Å². The van der Waals surface area contributed by atoms with E-state index < -0.39 is 11.8 Å². The molecule has 0 bridgehead atoms. The Balaban J connectivity index is 1.58. The molecule has 2 aromatic carbocycles. The van der Waals surface area contributed by atoms with Crippen LogP contribution in [-0.4, -0.2) is 28.4 Å². The summed E-state index contributed by atoms with van der Waals surface area (Å²) < 4.78 is 5.46. The highest BCUT2D eigenvalue weighted by molar-refractivity contribution is 6.00. The van der Waals surface area contributed by atoms with E-state index >= 15 is 0 Å². The van der Waals surface area contributed by atoms with Crippen LogP contribution in [0.4, 0.5) is 0 Å². The standard InChI is InChI=1S/C18H18N4O3/c1-2-9-25-14-6-3-12(4-7-14)17(23)21-22-18(24)13-5-8-15-16(10-13)20-11-19-15/h3-8,10-11H,2,9H2,1H3,(H,19,20)(H,21,23)(H,22,24). The van der Waals surface area contributed by atoms with Crippen molar-refractivity contribution in [2.75, 3.05) is 6.61 Å². The number of benzene rings is 2. The molecule has 0 aliphatic heterocycles. The normalized spacial score (nSPS) is 10.4. The smallest absolute Gasteiger partial charge is 0.269 e. The molecule has 2 amide bonds. The van der Waals surface area contributed by atoms with Crippen molar-refractivity contribution in [1.29, 1.82) is 0 Å². The van der Waals surface area contributed by atoms with Gasteiger partial charge >= 0.3 is 0 Å². The summed E-state index contributed by atoms with van der Waals surface area (Å²) in [5.41, 5.74) is 7.16. The molecule has 128 valence electrons. The first-order valence-electron chi connectivity index (χ1n) is 7.94. The van der Waals surface area contributed by atoms with Gasteiger partial charge < -0.3 is 9.72 Å². The molecule has 0 saturated heterocycles. The number of amides is 2. The maximum absolute atomic E-state index is 12.1. The fourth-order valence-corrected chi connectivity index (χ4v) is 2.26. The second-order valence-corrected chi connectivity index (χ2v) is 5.42. The molecule has 25 heavy (non-hydrogen) atoms. The maximum Gasteiger partial charge on any atom is 0.269 e. The lowest BCUT2D eigenvalue weighted by Crippen LogP contribution is -2.41. The predicted octanol–water partition coefficient (Wildman–Crippen LogP) is 2.43. The lowest BCUT2D eigenvalue weighted by Gasteiger charge is -2.08. The molecule has 0 aliphatic carbocycles. The zero-order valence-electron chi connectivity index (χ0n) is 13.7. The quantitative estimate of drug-likeness (QED) is 0.623. The molecule has 0 fully saturated rings. The highest BCUT2D eigenvalue weighted by Crippen LogP contribution is 2.13. The third-order valence-electron chi connectivity index (χ3n) is 3.56.